The van der Waals surface area contributed by atoms with Gasteiger partial charge in [0, 0.05) is 28.4 Å². The molecule has 7 heteroatoms. The number of thiazole rings is 1. The molecule has 0 atom stereocenters. The minimum absolute atomic E-state index is 0.0717. The highest BCUT2D eigenvalue weighted by Crippen LogP contribution is 2.14. The lowest BCUT2D eigenvalue weighted by Gasteiger charge is -2.05. The molecule has 3 rings (SSSR count). The van der Waals surface area contributed by atoms with E-state index in [4.69, 9.17) is 0 Å². The second kappa shape index (κ2) is 5.95. The van der Waals surface area contributed by atoms with Crippen LogP contribution < -0.4 is 5.32 Å². The van der Waals surface area contributed by atoms with Crippen molar-refractivity contribution in [1.29, 1.82) is 0 Å². The van der Waals surface area contributed by atoms with Crippen molar-refractivity contribution >= 4 is 38.1 Å². The molecule has 0 spiro atoms. The zero-order valence-corrected chi connectivity index (χ0v) is 13.7. The number of fused-ring (bicyclic) bond motifs is 1. The summed E-state index contributed by atoms with van der Waals surface area (Å²) >= 11 is 4.92. The van der Waals surface area contributed by atoms with Gasteiger partial charge < -0.3 is 5.32 Å². The summed E-state index contributed by atoms with van der Waals surface area (Å²) < 4.78 is 2.73. The van der Waals surface area contributed by atoms with Crippen molar-refractivity contribution in [2.45, 2.75) is 13.3 Å². The Bertz CT molecular complexity index is 795. The SMILES string of the molecule is Cc1nc2scc(CCNC(=O)c3cccc(Br)c3)n2n1. The number of nitrogens with one attached hydrogen (secondary N) is 1. The summed E-state index contributed by atoms with van der Waals surface area (Å²) in [6, 6.07) is 7.34. The molecular formula is C14H13BrN4OS. The smallest absolute Gasteiger partial charge is 0.251 e. The molecule has 0 aliphatic heterocycles. The third kappa shape index (κ3) is 3.14. The largest absolute Gasteiger partial charge is 0.352 e. The lowest BCUT2D eigenvalue weighted by atomic mass is 10.2. The van der Waals surface area contributed by atoms with Gasteiger partial charge in [-0.2, -0.15) is 5.10 Å². The predicted octanol–water partition coefficient (Wildman–Crippen LogP) is 2.83. The molecule has 2 aromatic heterocycles. The van der Waals surface area contributed by atoms with E-state index in [-0.39, 0.29) is 5.91 Å². The molecule has 5 nitrogen and oxygen atoms in total. The average molecular weight is 365 g/mol. The lowest BCUT2D eigenvalue weighted by Crippen LogP contribution is -2.26. The molecule has 0 fully saturated rings. The van der Waals surface area contributed by atoms with E-state index in [9.17, 15) is 4.79 Å². The van der Waals surface area contributed by atoms with Crippen LogP contribution in [0.1, 0.15) is 21.9 Å². The standard InChI is InChI=1S/C14H13BrN4OS/c1-9-17-14-19(18-9)12(8-21-14)5-6-16-13(20)10-3-2-4-11(15)7-10/h2-4,7-8H,5-6H2,1H3,(H,16,20). The molecule has 2 heterocycles. The van der Waals surface area contributed by atoms with Crippen molar-refractivity contribution in [3.63, 3.8) is 0 Å². The van der Waals surface area contributed by atoms with Crippen LogP contribution in [-0.2, 0) is 6.42 Å². The van der Waals surface area contributed by atoms with Crippen LogP contribution in [0, 0.1) is 6.92 Å². The summed E-state index contributed by atoms with van der Waals surface area (Å²) in [5.41, 5.74) is 1.71. The van der Waals surface area contributed by atoms with Gasteiger partial charge in [0.1, 0.15) is 5.82 Å². The average Bonchev–Trinajstić information content (AvgIpc) is 2.99. The first-order valence-corrected chi connectivity index (χ1v) is 8.14. The van der Waals surface area contributed by atoms with Crippen molar-refractivity contribution in [2.24, 2.45) is 0 Å². The molecular weight excluding hydrogens is 352 g/mol. The summed E-state index contributed by atoms with van der Waals surface area (Å²) in [5, 5.41) is 9.28. The first kappa shape index (κ1) is 14.2. The lowest BCUT2D eigenvalue weighted by molar-refractivity contribution is 0.0954. The summed E-state index contributed by atoms with van der Waals surface area (Å²) in [6.07, 6.45) is 0.725. The normalized spacial score (nSPS) is 11.0. The quantitative estimate of drug-likeness (QED) is 0.774. The van der Waals surface area contributed by atoms with Crippen molar-refractivity contribution < 1.29 is 4.79 Å². The maximum Gasteiger partial charge on any atom is 0.251 e. The number of benzene rings is 1. The summed E-state index contributed by atoms with van der Waals surface area (Å²) in [6.45, 7) is 2.44. The van der Waals surface area contributed by atoms with E-state index < -0.39 is 0 Å². The Kier molecular flexibility index (Phi) is 4.03. The maximum atomic E-state index is 12.0. The first-order chi connectivity index (χ1) is 10.1. The number of hydrogen-bond donors (Lipinski definition) is 1. The van der Waals surface area contributed by atoms with Gasteiger partial charge in [0.25, 0.3) is 5.91 Å². The molecule has 0 radical (unpaired) electrons. The number of hydrogen-bond acceptors (Lipinski definition) is 4. The second-order valence-corrected chi connectivity index (χ2v) is 6.35. The van der Waals surface area contributed by atoms with Crippen LogP contribution in [-0.4, -0.2) is 27.0 Å². The Labute approximate surface area is 134 Å². The van der Waals surface area contributed by atoms with Gasteiger partial charge in [0.15, 0.2) is 0 Å². The number of rotatable bonds is 4. The monoisotopic (exact) mass is 364 g/mol. The summed E-state index contributed by atoms with van der Waals surface area (Å²) in [5.74, 6) is 0.693. The highest BCUT2D eigenvalue weighted by Gasteiger charge is 2.09. The molecule has 108 valence electrons. The molecule has 0 saturated carbocycles. The van der Waals surface area contributed by atoms with Gasteiger partial charge in [-0.25, -0.2) is 9.50 Å². The molecule has 1 amide bonds. The predicted molar refractivity (Wildman–Crippen MR) is 85.8 cm³/mol. The Morgan fingerprint density at radius 3 is 3.14 bits per heavy atom. The molecule has 0 unspecified atom stereocenters. The maximum absolute atomic E-state index is 12.0. The minimum Gasteiger partial charge on any atom is -0.352 e. The van der Waals surface area contributed by atoms with Crippen molar-refractivity contribution in [3.8, 4) is 0 Å². The van der Waals surface area contributed by atoms with Crippen molar-refractivity contribution in [1.82, 2.24) is 19.9 Å². The van der Waals surface area contributed by atoms with E-state index in [0.29, 0.717) is 12.1 Å². The highest BCUT2D eigenvalue weighted by atomic mass is 79.9. The fourth-order valence-electron chi connectivity index (χ4n) is 2.03. The topological polar surface area (TPSA) is 59.3 Å². The van der Waals surface area contributed by atoms with E-state index in [1.54, 1.807) is 23.5 Å². The summed E-state index contributed by atoms with van der Waals surface area (Å²) in [4.78, 5) is 17.2. The van der Waals surface area contributed by atoms with Crippen LogP contribution in [0.5, 0.6) is 0 Å². The van der Waals surface area contributed by atoms with Gasteiger partial charge in [0.05, 0.1) is 5.69 Å². The Morgan fingerprint density at radius 1 is 1.48 bits per heavy atom. The Balaban J connectivity index is 1.62. The second-order valence-electron chi connectivity index (χ2n) is 4.60. The van der Waals surface area contributed by atoms with Gasteiger partial charge in [-0.1, -0.05) is 22.0 Å². The molecule has 0 bridgehead atoms. The Hall–Kier alpha value is -1.73. The molecule has 1 N–H and O–H groups in total. The van der Waals surface area contributed by atoms with E-state index in [0.717, 1.165) is 27.4 Å². The number of carbonyl (C=O) groups is 1. The Morgan fingerprint density at radius 2 is 2.33 bits per heavy atom. The number of aryl methyl sites for hydroxylation is 1. The van der Waals surface area contributed by atoms with Crippen LogP contribution in [0.3, 0.4) is 0 Å². The van der Waals surface area contributed by atoms with Crippen LogP contribution in [0.2, 0.25) is 0 Å². The number of halogens is 1. The van der Waals surface area contributed by atoms with E-state index >= 15 is 0 Å². The molecule has 0 saturated heterocycles. The molecule has 0 aliphatic carbocycles. The third-order valence-electron chi connectivity index (χ3n) is 3.01. The van der Waals surface area contributed by atoms with Gasteiger partial charge in [0.2, 0.25) is 4.96 Å². The number of aromatic nitrogens is 3. The van der Waals surface area contributed by atoms with Gasteiger partial charge in [-0.05, 0) is 25.1 Å². The zero-order chi connectivity index (χ0) is 14.8. The van der Waals surface area contributed by atoms with Crippen LogP contribution >= 0.6 is 27.3 Å². The van der Waals surface area contributed by atoms with Crippen LogP contribution in [0.4, 0.5) is 0 Å². The van der Waals surface area contributed by atoms with E-state index in [1.807, 2.05) is 29.0 Å². The fraction of sp³-hybridized carbons (Fsp3) is 0.214. The van der Waals surface area contributed by atoms with Crippen LogP contribution in [0.15, 0.2) is 34.1 Å². The van der Waals surface area contributed by atoms with Gasteiger partial charge >= 0.3 is 0 Å². The fourth-order valence-corrected chi connectivity index (χ4v) is 3.33. The highest BCUT2D eigenvalue weighted by molar-refractivity contribution is 9.10. The van der Waals surface area contributed by atoms with Crippen molar-refractivity contribution in [2.75, 3.05) is 6.54 Å². The van der Waals surface area contributed by atoms with Gasteiger partial charge in [-0.3, -0.25) is 4.79 Å². The molecule has 0 aliphatic rings. The minimum atomic E-state index is -0.0717. The summed E-state index contributed by atoms with van der Waals surface area (Å²) in [7, 11) is 0. The number of amides is 1. The van der Waals surface area contributed by atoms with Gasteiger partial charge in [-0.15, -0.1) is 11.3 Å². The molecule has 3 aromatic rings. The first-order valence-electron chi connectivity index (χ1n) is 6.47. The van der Waals surface area contributed by atoms with E-state index in [2.05, 4.69) is 31.3 Å². The van der Waals surface area contributed by atoms with Crippen molar-refractivity contribution in [3.05, 3.63) is 51.2 Å². The zero-order valence-electron chi connectivity index (χ0n) is 11.3. The molecule has 21 heavy (non-hydrogen) atoms. The molecule has 1 aromatic carbocycles. The number of nitrogens with zero attached hydrogens (tertiary/aromatic N) is 3. The third-order valence-corrected chi connectivity index (χ3v) is 4.37. The number of carbonyl (C=O) groups excluding carboxylic acids is 1. The van der Waals surface area contributed by atoms with Crippen LogP contribution in [0.25, 0.3) is 4.96 Å². The van der Waals surface area contributed by atoms with E-state index in [1.165, 1.54) is 0 Å².